The first-order valence-corrected chi connectivity index (χ1v) is 12.3. The Morgan fingerprint density at radius 3 is 2.36 bits per heavy atom. The van der Waals surface area contributed by atoms with Crippen LogP contribution in [0, 0.1) is 11.2 Å². The van der Waals surface area contributed by atoms with E-state index in [2.05, 4.69) is 23.7 Å². The predicted molar refractivity (Wildman–Crippen MR) is 138 cm³/mol. The van der Waals surface area contributed by atoms with E-state index in [1.54, 1.807) is 18.3 Å². The molecular formula is C29H33FN2O4. The minimum Gasteiger partial charge on any atom is -0.493 e. The van der Waals surface area contributed by atoms with Crippen LogP contribution in [0.5, 0.6) is 5.75 Å². The second kappa shape index (κ2) is 11.1. The zero-order valence-corrected chi connectivity index (χ0v) is 20.8. The molecule has 1 aliphatic heterocycles. The van der Waals surface area contributed by atoms with Crippen molar-refractivity contribution in [3.8, 4) is 16.9 Å². The highest BCUT2D eigenvalue weighted by molar-refractivity contribution is 5.85. The van der Waals surface area contributed by atoms with Gasteiger partial charge in [-0.3, -0.25) is 9.78 Å². The van der Waals surface area contributed by atoms with Gasteiger partial charge in [0.25, 0.3) is 0 Å². The summed E-state index contributed by atoms with van der Waals surface area (Å²) in [6.45, 7) is 6.34. The first-order chi connectivity index (χ1) is 17.3. The highest BCUT2D eigenvalue weighted by Crippen LogP contribution is 2.41. The summed E-state index contributed by atoms with van der Waals surface area (Å²) >= 11 is 0. The van der Waals surface area contributed by atoms with Crippen molar-refractivity contribution in [1.82, 2.24) is 4.98 Å². The first-order valence-electron chi connectivity index (χ1n) is 12.3. The molecule has 0 atom stereocenters. The van der Waals surface area contributed by atoms with E-state index < -0.39 is 5.97 Å². The van der Waals surface area contributed by atoms with Crippen LogP contribution < -0.4 is 9.64 Å². The molecule has 0 saturated carbocycles. The van der Waals surface area contributed by atoms with Crippen molar-refractivity contribution >= 4 is 11.7 Å². The lowest BCUT2D eigenvalue weighted by molar-refractivity contribution is -0.136. The monoisotopic (exact) mass is 492 g/mol. The van der Waals surface area contributed by atoms with Crippen molar-refractivity contribution < 1.29 is 24.1 Å². The maximum Gasteiger partial charge on any atom is 0.307 e. The predicted octanol–water partition coefficient (Wildman–Crippen LogP) is 5.26. The second-order valence-electron chi connectivity index (χ2n) is 10.1. The number of benzene rings is 2. The smallest absolute Gasteiger partial charge is 0.307 e. The van der Waals surface area contributed by atoms with Gasteiger partial charge in [0.1, 0.15) is 11.6 Å². The number of hydrogen-bond donors (Lipinski definition) is 2. The molecule has 0 aliphatic carbocycles. The minimum atomic E-state index is -0.914. The summed E-state index contributed by atoms with van der Waals surface area (Å²) in [5.74, 6) is -0.475. The fourth-order valence-electron chi connectivity index (χ4n) is 4.65. The Morgan fingerprint density at radius 2 is 1.75 bits per heavy atom. The molecule has 6 nitrogen and oxygen atoms in total. The molecule has 1 saturated heterocycles. The Balaban J connectivity index is 1.60. The Hall–Kier alpha value is -3.45. The molecule has 190 valence electrons. The molecule has 7 heteroatoms. The summed E-state index contributed by atoms with van der Waals surface area (Å²) in [6, 6.07) is 14.0. The number of aliphatic hydroxyl groups excluding tert-OH is 1. The molecule has 0 bridgehead atoms. The zero-order valence-electron chi connectivity index (χ0n) is 20.8. The van der Waals surface area contributed by atoms with Crippen molar-refractivity contribution in [2.24, 2.45) is 5.41 Å². The molecule has 1 aliphatic rings. The Kier molecular flexibility index (Phi) is 7.89. The van der Waals surface area contributed by atoms with Gasteiger partial charge in [0.05, 0.1) is 31.0 Å². The van der Waals surface area contributed by atoms with Gasteiger partial charge in [-0.05, 0) is 53.6 Å². The van der Waals surface area contributed by atoms with Gasteiger partial charge in [-0.2, -0.15) is 0 Å². The lowest BCUT2D eigenvalue weighted by Gasteiger charge is -2.40. The van der Waals surface area contributed by atoms with E-state index in [0.717, 1.165) is 48.3 Å². The molecule has 1 aromatic heterocycles. The van der Waals surface area contributed by atoms with Crippen molar-refractivity contribution in [3.05, 3.63) is 77.4 Å². The lowest BCUT2D eigenvalue weighted by atomic mass is 9.82. The first kappa shape index (κ1) is 25.6. The standard InChI is InChI=1S/C29H33FN2O4/c1-29(2)12-14-32(15-13-29)28-22(17-26(34)35)18-31-25(19-33)27(28)21-5-9-24(10-6-21)36-16-11-20-3-7-23(30)8-4-20/h3-10,18,33H,11-17,19H2,1-2H3,(H,34,35). The highest BCUT2D eigenvalue weighted by Gasteiger charge is 2.29. The van der Waals surface area contributed by atoms with E-state index in [1.807, 2.05) is 24.3 Å². The molecule has 3 aromatic rings. The maximum atomic E-state index is 13.1. The topological polar surface area (TPSA) is 82.9 Å². The number of hydrogen-bond acceptors (Lipinski definition) is 5. The van der Waals surface area contributed by atoms with Gasteiger partial charge in [0.2, 0.25) is 0 Å². The Bertz CT molecular complexity index is 1180. The van der Waals surface area contributed by atoms with Crippen molar-refractivity contribution in [2.45, 2.75) is 46.1 Å². The van der Waals surface area contributed by atoms with Gasteiger partial charge < -0.3 is 19.8 Å². The molecule has 0 radical (unpaired) electrons. The van der Waals surface area contributed by atoms with E-state index in [-0.39, 0.29) is 24.3 Å². The third-order valence-corrected chi connectivity index (χ3v) is 6.85. The fourth-order valence-corrected chi connectivity index (χ4v) is 4.65. The number of aliphatic carboxylic acids is 1. The maximum absolute atomic E-state index is 13.1. The number of pyridine rings is 1. The van der Waals surface area contributed by atoms with Crippen LogP contribution in [0.1, 0.15) is 43.5 Å². The quantitative estimate of drug-likeness (QED) is 0.424. The summed E-state index contributed by atoms with van der Waals surface area (Å²) in [5.41, 5.74) is 4.87. The summed E-state index contributed by atoms with van der Waals surface area (Å²) in [7, 11) is 0. The molecule has 0 amide bonds. The van der Waals surface area contributed by atoms with Crippen LogP contribution in [0.15, 0.2) is 54.7 Å². The minimum absolute atomic E-state index is 0.133. The third kappa shape index (κ3) is 6.21. The summed E-state index contributed by atoms with van der Waals surface area (Å²) in [5, 5.41) is 19.7. The van der Waals surface area contributed by atoms with E-state index in [1.165, 1.54) is 12.1 Å². The molecule has 36 heavy (non-hydrogen) atoms. The van der Waals surface area contributed by atoms with Gasteiger partial charge >= 0.3 is 5.97 Å². The van der Waals surface area contributed by atoms with E-state index in [9.17, 15) is 19.4 Å². The van der Waals surface area contributed by atoms with Gasteiger partial charge in [-0.15, -0.1) is 0 Å². The normalized spacial score (nSPS) is 15.1. The largest absolute Gasteiger partial charge is 0.493 e. The van der Waals surface area contributed by atoms with E-state index >= 15 is 0 Å². The van der Waals surface area contributed by atoms with Crippen molar-refractivity contribution in [2.75, 3.05) is 24.6 Å². The number of anilines is 1. The average molecular weight is 493 g/mol. The van der Waals surface area contributed by atoms with Crippen molar-refractivity contribution in [1.29, 1.82) is 0 Å². The molecule has 2 heterocycles. The second-order valence-corrected chi connectivity index (χ2v) is 10.1. The number of carbonyl (C=O) groups is 1. The summed E-state index contributed by atoms with van der Waals surface area (Å²) in [4.78, 5) is 18.3. The highest BCUT2D eigenvalue weighted by atomic mass is 19.1. The zero-order chi connectivity index (χ0) is 25.7. The van der Waals surface area contributed by atoms with Crippen LogP contribution in [-0.2, 0) is 24.2 Å². The molecule has 0 spiro atoms. The third-order valence-electron chi connectivity index (χ3n) is 6.85. The van der Waals surface area contributed by atoms with Gasteiger partial charge in [-0.25, -0.2) is 4.39 Å². The number of piperidine rings is 1. The lowest BCUT2D eigenvalue weighted by Crippen LogP contribution is -2.38. The molecule has 2 N–H and O–H groups in total. The van der Waals surface area contributed by atoms with Crippen LogP contribution in [0.3, 0.4) is 0 Å². The summed E-state index contributed by atoms with van der Waals surface area (Å²) in [6.07, 6.45) is 4.11. The Morgan fingerprint density at radius 1 is 1.08 bits per heavy atom. The molecule has 4 rings (SSSR count). The number of nitrogens with zero attached hydrogens (tertiary/aromatic N) is 2. The van der Waals surface area contributed by atoms with E-state index in [4.69, 9.17) is 4.74 Å². The number of aromatic nitrogens is 1. The Labute approximate surface area is 211 Å². The van der Waals surface area contributed by atoms with Gasteiger partial charge in [0, 0.05) is 36.8 Å². The van der Waals surface area contributed by atoms with Crippen LogP contribution in [0.25, 0.3) is 11.1 Å². The number of carboxylic acid groups (broad SMARTS) is 1. The van der Waals surface area contributed by atoms with Crippen molar-refractivity contribution in [3.63, 3.8) is 0 Å². The van der Waals surface area contributed by atoms with Crippen LogP contribution in [-0.4, -0.2) is 40.9 Å². The molecule has 1 fully saturated rings. The fraction of sp³-hybridized carbons (Fsp3) is 0.379. The number of aliphatic hydroxyl groups is 1. The van der Waals surface area contributed by atoms with Gasteiger partial charge in [-0.1, -0.05) is 38.1 Å². The summed E-state index contributed by atoms with van der Waals surface area (Å²) < 4.78 is 19.0. The van der Waals surface area contributed by atoms with Crippen LogP contribution in [0.2, 0.25) is 0 Å². The number of ether oxygens (including phenoxy) is 1. The molecular weight excluding hydrogens is 459 g/mol. The average Bonchev–Trinajstić information content (AvgIpc) is 2.85. The van der Waals surface area contributed by atoms with Gasteiger partial charge in [0.15, 0.2) is 0 Å². The molecule has 0 unspecified atom stereocenters. The van der Waals surface area contributed by atoms with Crippen LogP contribution >= 0.6 is 0 Å². The van der Waals surface area contributed by atoms with Crippen LogP contribution in [0.4, 0.5) is 10.1 Å². The van der Waals surface area contributed by atoms with E-state index in [0.29, 0.717) is 30.0 Å². The number of carboxylic acids is 1. The number of rotatable bonds is 9. The SMILES string of the molecule is CC1(C)CCN(c2c(CC(=O)O)cnc(CO)c2-c2ccc(OCCc3ccc(F)cc3)cc2)CC1. The molecule has 2 aromatic carbocycles. The number of halogens is 1.